The van der Waals surface area contributed by atoms with Crippen LogP contribution in [0.3, 0.4) is 0 Å². The van der Waals surface area contributed by atoms with Crippen molar-refractivity contribution in [3.63, 3.8) is 0 Å². The van der Waals surface area contributed by atoms with Gasteiger partial charge in [-0.25, -0.2) is 8.42 Å². The first-order valence-electron chi connectivity index (χ1n) is 5.76. The maximum Gasteiger partial charge on any atom is 0.264 e. The van der Waals surface area contributed by atoms with E-state index in [4.69, 9.17) is 0 Å². The van der Waals surface area contributed by atoms with Crippen molar-refractivity contribution in [1.29, 1.82) is 0 Å². The highest BCUT2D eigenvalue weighted by atomic mass is 79.9. The van der Waals surface area contributed by atoms with E-state index in [0.29, 0.717) is 4.80 Å². The predicted molar refractivity (Wildman–Crippen MR) is 83.5 cm³/mol. The summed E-state index contributed by atoms with van der Waals surface area (Å²) in [6.07, 6.45) is 0. The number of rotatable bonds is 2. The van der Waals surface area contributed by atoms with E-state index in [1.165, 1.54) is 11.3 Å². The molecule has 0 atom stereocenters. The fourth-order valence-electron chi connectivity index (χ4n) is 1.62. The van der Waals surface area contributed by atoms with Gasteiger partial charge in [-0.3, -0.25) is 9.59 Å². The van der Waals surface area contributed by atoms with Crippen LogP contribution in [0.1, 0.15) is 6.92 Å². The maximum absolute atomic E-state index is 11.7. The first-order valence-corrected chi connectivity index (χ1v) is 9.03. The predicted octanol–water partition coefficient (Wildman–Crippen LogP) is 1.39. The maximum atomic E-state index is 11.7. The Hall–Kier alpha value is -1.32. The van der Waals surface area contributed by atoms with Gasteiger partial charge in [-0.05, 0) is 18.2 Å². The largest absolute Gasteiger partial charge is 0.319 e. The van der Waals surface area contributed by atoms with Gasteiger partial charge in [0.15, 0.2) is 4.80 Å². The molecule has 0 radical (unpaired) electrons. The van der Waals surface area contributed by atoms with Gasteiger partial charge in [0.1, 0.15) is 5.75 Å². The molecule has 0 aliphatic heterocycles. The van der Waals surface area contributed by atoms with Crippen molar-refractivity contribution in [2.75, 3.05) is 5.75 Å². The van der Waals surface area contributed by atoms with Crippen molar-refractivity contribution in [2.45, 2.75) is 6.92 Å². The summed E-state index contributed by atoms with van der Waals surface area (Å²) < 4.78 is 26.3. The minimum atomic E-state index is -4.06. The second kappa shape index (κ2) is 5.82. The molecule has 9 heteroatoms. The first-order chi connectivity index (χ1) is 9.70. The van der Waals surface area contributed by atoms with Gasteiger partial charge >= 0.3 is 0 Å². The third kappa shape index (κ3) is 3.47. The zero-order chi connectivity index (χ0) is 15.8. The summed E-state index contributed by atoms with van der Waals surface area (Å²) in [6.45, 7) is 0.916. The molecule has 1 heterocycles. The minimum Gasteiger partial charge on any atom is -0.319 e. The van der Waals surface area contributed by atoms with Gasteiger partial charge in [-0.15, -0.1) is 0 Å². The summed E-state index contributed by atoms with van der Waals surface area (Å²) in [5.41, 5.74) is 0.879. The van der Waals surface area contributed by atoms with Crippen molar-refractivity contribution in [3.05, 3.63) is 27.5 Å². The molecule has 112 valence electrons. The summed E-state index contributed by atoms with van der Waals surface area (Å²) >= 11 is 4.62. The molecule has 1 amide bonds. The average molecular weight is 391 g/mol. The smallest absolute Gasteiger partial charge is 0.264 e. The molecule has 0 spiro atoms. The van der Waals surface area contributed by atoms with Crippen LogP contribution in [0, 0.1) is 0 Å². The van der Waals surface area contributed by atoms with Crippen LogP contribution in [0.5, 0.6) is 0 Å². The Morgan fingerprint density at radius 1 is 1.38 bits per heavy atom. The van der Waals surface area contributed by atoms with Crippen molar-refractivity contribution in [2.24, 2.45) is 12.0 Å². The minimum absolute atomic E-state index is 0.381. The number of carbonyl (C=O) groups is 2. The van der Waals surface area contributed by atoms with Gasteiger partial charge < -0.3 is 4.57 Å². The number of aryl methyl sites for hydroxylation is 1. The molecule has 2 aromatic rings. The Morgan fingerprint density at radius 2 is 2.05 bits per heavy atom. The van der Waals surface area contributed by atoms with Crippen molar-refractivity contribution in [3.8, 4) is 0 Å². The van der Waals surface area contributed by atoms with E-state index < -0.39 is 26.6 Å². The fraction of sp³-hybridized carbons (Fsp3) is 0.250. The van der Waals surface area contributed by atoms with Gasteiger partial charge in [0.2, 0.25) is 15.0 Å². The molecule has 0 aliphatic carbocycles. The number of carbonyl (C=O) groups excluding carboxylic acids is 2. The molecule has 0 saturated heterocycles. The molecule has 2 rings (SSSR count). The summed E-state index contributed by atoms with van der Waals surface area (Å²) in [7, 11) is -2.33. The van der Waals surface area contributed by atoms with Gasteiger partial charge in [-0.1, -0.05) is 27.3 Å². The Kier molecular flexibility index (Phi) is 4.45. The molecule has 0 saturated carbocycles. The third-order valence-electron chi connectivity index (χ3n) is 2.74. The second-order valence-electron chi connectivity index (χ2n) is 4.31. The lowest BCUT2D eigenvalue weighted by Gasteiger charge is -1.96. The van der Waals surface area contributed by atoms with E-state index in [-0.39, 0.29) is 0 Å². The van der Waals surface area contributed by atoms with Gasteiger partial charge in [0.05, 0.1) is 10.2 Å². The molecule has 0 aliphatic rings. The molecule has 0 bridgehead atoms. The van der Waals surface area contributed by atoms with Gasteiger partial charge in [0.25, 0.3) is 5.91 Å². The van der Waals surface area contributed by atoms with E-state index in [1.54, 1.807) is 11.6 Å². The summed E-state index contributed by atoms with van der Waals surface area (Å²) in [5, 5.41) is -1.03. The topological polar surface area (TPSA) is 85.6 Å². The van der Waals surface area contributed by atoms with Crippen LogP contribution in [0.25, 0.3) is 10.2 Å². The molecule has 1 aromatic heterocycles. The van der Waals surface area contributed by atoms with Crippen LogP contribution >= 0.6 is 27.3 Å². The number of thiazole rings is 1. The zero-order valence-electron chi connectivity index (χ0n) is 11.2. The van der Waals surface area contributed by atoms with E-state index in [0.717, 1.165) is 21.6 Å². The highest BCUT2D eigenvalue weighted by Gasteiger charge is 2.21. The van der Waals surface area contributed by atoms with Crippen molar-refractivity contribution in [1.82, 2.24) is 4.57 Å². The lowest BCUT2D eigenvalue weighted by Crippen LogP contribution is -2.23. The van der Waals surface area contributed by atoms with E-state index in [2.05, 4.69) is 20.9 Å². The molecular formula is C12H11BrN2O4S2. The Labute approximate surface area is 133 Å². The number of halogens is 1. The highest BCUT2D eigenvalue weighted by Crippen LogP contribution is 2.21. The summed E-state index contributed by atoms with van der Waals surface area (Å²) in [4.78, 5) is 26.8. The molecule has 1 aromatic carbocycles. The zero-order valence-corrected chi connectivity index (χ0v) is 14.4. The molecule has 6 nitrogen and oxygen atoms in total. The third-order valence-corrected chi connectivity index (χ3v) is 5.83. The van der Waals surface area contributed by atoms with Gasteiger partial charge in [0, 0.05) is 18.4 Å². The quantitative estimate of drug-likeness (QED) is 0.775. The Bertz CT molecular complexity index is 909. The number of fused-ring (bicyclic) bond motifs is 1. The lowest BCUT2D eigenvalue weighted by atomic mass is 10.3. The normalized spacial score (nSPS) is 12.8. The number of benzene rings is 1. The van der Waals surface area contributed by atoms with Crippen LogP contribution in [-0.2, 0) is 26.5 Å². The molecule has 0 unspecified atom stereocenters. The van der Waals surface area contributed by atoms with E-state index >= 15 is 0 Å². The second-order valence-corrected chi connectivity index (χ2v) is 8.33. The van der Waals surface area contributed by atoms with Crippen LogP contribution < -0.4 is 4.80 Å². The van der Waals surface area contributed by atoms with Gasteiger partial charge in [-0.2, -0.15) is 4.99 Å². The van der Waals surface area contributed by atoms with Crippen LogP contribution in [0.15, 0.2) is 27.7 Å². The number of nitrogens with zero attached hydrogens (tertiary/aromatic N) is 2. The molecular weight excluding hydrogens is 380 g/mol. The number of hydrogen-bond donors (Lipinski definition) is 0. The number of sulfone groups is 1. The van der Waals surface area contributed by atoms with Crippen LogP contribution in [-0.4, -0.2) is 29.8 Å². The fourth-order valence-corrected chi connectivity index (χ4v) is 3.80. The number of aromatic nitrogens is 1. The van der Waals surface area contributed by atoms with E-state index in [9.17, 15) is 18.0 Å². The van der Waals surface area contributed by atoms with Crippen molar-refractivity contribution >= 4 is 58.3 Å². The van der Waals surface area contributed by atoms with Crippen LogP contribution in [0.2, 0.25) is 0 Å². The van der Waals surface area contributed by atoms with Crippen LogP contribution in [0.4, 0.5) is 0 Å². The van der Waals surface area contributed by atoms with E-state index in [1.807, 2.05) is 18.2 Å². The first kappa shape index (κ1) is 16.1. The number of hydrogen-bond acceptors (Lipinski definition) is 5. The molecule has 0 fully saturated rings. The highest BCUT2D eigenvalue weighted by molar-refractivity contribution is 9.10. The average Bonchev–Trinajstić information content (AvgIpc) is 2.64. The number of amides is 1. The molecule has 21 heavy (non-hydrogen) atoms. The Balaban J connectivity index is 2.44. The Morgan fingerprint density at radius 3 is 2.67 bits per heavy atom. The summed E-state index contributed by atoms with van der Waals surface area (Å²) in [5.74, 6) is -1.76. The monoisotopic (exact) mass is 390 g/mol. The standard InChI is InChI=1S/C12H11BrN2O4S2/c1-7(16)21(18,19)6-11(17)14-12-15(2)9-4-3-8(13)5-10(9)20-12/h3-5H,6H2,1-2H3. The lowest BCUT2D eigenvalue weighted by molar-refractivity contribution is -0.116. The summed E-state index contributed by atoms with van der Waals surface area (Å²) in [6, 6.07) is 5.61. The molecule has 0 N–H and O–H groups in total. The van der Waals surface area contributed by atoms with Crippen molar-refractivity contribution < 1.29 is 18.0 Å². The SMILES string of the molecule is CC(=O)S(=O)(=O)CC(=O)N=c1sc2cc(Br)ccc2n1C.